The van der Waals surface area contributed by atoms with Gasteiger partial charge in [0.2, 0.25) is 0 Å². The molecule has 1 fully saturated rings. The monoisotopic (exact) mass is 522 g/mol. The first-order valence-electron chi connectivity index (χ1n) is 10.3. The number of urea groups is 1. The zero-order chi connectivity index (χ0) is 23.5. The van der Waals surface area contributed by atoms with E-state index in [4.69, 9.17) is 10.5 Å². The molecule has 0 aliphatic carbocycles. The van der Waals surface area contributed by atoms with Gasteiger partial charge in [0, 0.05) is 28.5 Å². The third-order valence-corrected chi connectivity index (χ3v) is 6.39. The molecule has 172 valence electrons. The van der Waals surface area contributed by atoms with Crippen LogP contribution < -0.4 is 16.4 Å². The first-order chi connectivity index (χ1) is 15.0. The molecule has 10 heteroatoms. The van der Waals surface area contributed by atoms with Crippen LogP contribution in [0.1, 0.15) is 43.3 Å². The van der Waals surface area contributed by atoms with E-state index >= 15 is 0 Å². The average Bonchev–Trinajstić information content (AvgIpc) is 3.10. The number of halogens is 1. The zero-order valence-corrected chi connectivity index (χ0v) is 20.6. The number of benzene rings is 1. The predicted molar refractivity (Wildman–Crippen MR) is 129 cm³/mol. The van der Waals surface area contributed by atoms with Crippen LogP contribution >= 0.6 is 27.3 Å². The van der Waals surface area contributed by atoms with Crippen LogP contribution in [0.5, 0.6) is 0 Å². The van der Waals surface area contributed by atoms with Gasteiger partial charge in [-0.25, -0.2) is 9.59 Å². The lowest BCUT2D eigenvalue weighted by molar-refractivity contribution is 0.0185. The number of hydrogen-bond acceptors (Lipinski definition) is 5. The summed E-state index contributed by atoms with van der Waals surface area (Å²) in [4.78, 5) is 39.8. The number of anilines is 1. The number of primary amides is 1. The Labute approximate surface area is 199 Å². The van der Waals surface area contributed by atoms with Gasteiger partial charge in [0.1, 0.15) is 10.5 Å². The van der Waals surface area contributed by atoms with Crippen LogP contribution in [0.4, 0.5) is 15.3 Å². The molecule has 1 saturated heterocycles. The number of nitrogens with zero attached hydrogens (tertiary/aromatic N) is 1. The third kappa shape index (κ3) is 6.46. The standard InChI is InChI=1S/C22H27BrN4O4S/c1-22(2,3)31-21(30)27-9-5-8-15(12-27)25-19(28)18-16(26-20(24)29)11-17(32-18)13-6-4-7-14(23)10-13/h4,6-7,10-11,15H,5,8-9,12H2,1-3H3,(H,25,28)(H3,24,26,29)/t15-/m1/s1. The SMILES string of the molecule is CC(C)(C)OC(=O)N1CCC[C@@H](NC(=O)c2sc(-c3cccc(Br)c3)cc2NC(N)=O)C1. The number of rotatable bonds is 4. The smallest absolute Gasteiger partial charge is 0.410 e. The van der Waals surface area contributed by atoms with Gasteiger partial charge in [0.25, 0.3) is 5.91 Å². The summed E-state index contributed by atoms with van der Waals surface area (Å²) in [6.07, 6.45) is 1.11. The number of nitrogens with two attached hydrogens (primary N) is 1. The minimum atomic E-state index is -0.744. The Bertz CT molecular complexity index is 1020. The number of carbonyl (C=O) groups excluding carboxylic acids is 3. The second-order valence-electron chi connectivity index (χ2n) is 8.59. The highest BCUT2D eigenvalue weighted by atomic mass is 79.9. The summed E-state index contributed by atoms with van der Waals surface area (Å²) < 4.78 is 6.36. The van der Waals surface area contributed by atoms with Crippen molar-refractivity contribution in [3.8, 4) is 10.4 Å². The van der Waals surface area contributed by atoms with Gasteiger partial charge in [-0.05, 0) is 57.4 Å². The summed E-state index contributed by atoms with van der Waals surface area (Å²) in [5.74, 6) is -0.323. The molecule has 0 saturated carbocycles. The van der Waals surface area contributed by atoms with E-state index in [1.165, 1.54) is 11.3 Å². The van der Waals surface area contributed by atoms with Gasteiger partial charge in [0.05, 0.1) is 5.69 Å². The van der Waals surface area contributed by atoms with Crippen molar-refractivity contribution in [2.24, 2.45) is 5.73 Å². The van der Waals surface area contributed by atoms with Gasteiger partial charge < -0.3 is 26.0 Å². The largest absolute Gasteiger partial charge is 0.444 e. The lowest BCUT2D eigenvalue weighted by atomic mass is 10.1. The van der Waals surface area contributed by atoms with E-state index in [0.29, 0.717) is 23.7 Å². The Balaban J connectivity index is 1.76. The fourth-order valence-corrected chi connectivity index (χ4v) is 4.82. The maximum atomic E-state index is 13.1. The molecule has 1 atom stereocenters. The highest BCUT2D eigenvalue weighted by Gasteiger charge is 2.29. The number of thiophene rings is 1. The summed E-state index contributed by atoms with van der Waals surface area (Å²) >= 11 is 4.71. The Morgan fingerprint density at radius 2 is 2.00 bits per heavy atom. The molecular weight excluding hydrogens is 496 g/mol. The minimum absolute atomic E-state index is 0.221. The molecule has 3 rings (SSSR count). The zero-order valence-electron chi connectivity index (χ0n) is 18.2. The van der Waals surface area contributed by atoms with Gasteiger partial charge in [-0.2, -0.15) is 0 Å². The topological polar surface area (TPSA) is 114 Å². The molecule has 0 bridgehead atoms. The number of piperidine rings is 1. The number of carbonyl (C=O) groups is 3. The van der Waals surface area contributed by atoms with E-state index < -0.39 is 11.6 Å². The van der Waals surface area contributed by atoms with Crippen molar-refractivity contribution in [1.82, 2.24) is 10.2 Å². The molecule has 2 aromatic rings. The predicted octanol–water partition coefficient (Wildman–Crippen LogP) is 4.80. The van der Waals surface area contributed by atoms with Crippen LogP contribution in [0.25, 0.3) is 10.4 Å². The molecule has 1 aliphatic heterocycles. The molecule has 1 aromatic carbocycles. The first kappa shape index (κ1) is 24.1. The molecule has 4 N–H and O–H groups in total. The van der Waals surface area contributed by atoms with Crippen molar-refractivity contribution in [2.75, 3.05) is 18.4 Å². The molecule has 1 aromatic heterocycles. The number of nitrogens with one attached hydrogen (secondary N) is 2. The van der Waals surface area contributed by atoms with Crippen molar-refractivity contribution >= 4 is 51.0 Å². The summed E-state index contributed by atoms with van der Waals surface area (Å²) in [5, 5.41) is 5.53. The molecular formula is C22H27BrN4O4S. The Kier molecular flexibility index (Phi) is 7.45. The van der Waals surface area contributed by atoms with Crippen molar-refractivity contribution in [1.29, 1.82) is 0 Å². The molecule has 1 aliphatic rings. The highest BCUT2D eigenvalue weighted by Crippen LogP contribution is 2.36. The maximum absolute atomic E-state index is 13.1. The minimum Gasteiger partial charge on any atom is -0.444 e. The average molecular weight is 523 g/mol. The van der Waals surface area contributed by atoms with E-state index in [-0.39, 0.29) is 18.0 Å². The third-order valence-electron chi connectivity index (χ3n) is 4.71. The quantitative estimate of drug-likeness (QED) is 0.534. The van der Waals surface area contributed by atoms with E-state index in [0.717, 1.165) is 27.8 Å². The van der Waals surface area contributed by atoms with E-state index in [9.17, 15) is 14.4 Å². The number of likely N-dealkylation sites (tertiary alicyclic amines) is 1. The fraction of sp³-hybridized carbons (Fsp3) is 0.409. The van der Waals surface area contributed by atoms with Crippen LogP contribution in [-0.2, 0) is 4.74 Å². The Morgan fingerprint density at radius 1 is 1.25 bits per heavy atom. The molecule has 0 unspecified atom stereocenters. The summed E-state index contributed by atoms with van der Waals surface area (Å²) in [6.45, 7) is 6.41. The molecule has 4 amide bonds. The van der Waals surface area contributed by atoms with Crippen molar-refractivity contribution in [2.45, 2.75) is 45.3 Å². The normalized spacial score (nSPS) is 16.4. The molecule has 2 heterocycles. The molecule has 8 nitrogen and oxygen atoms in total. The van der Waals surface area contributed by atoms with Gasteiger partial charge in [-0.15, -0.1) is 11.3 Å². The van der Waals surface area contributed by atoms with E-state index in [1.54, 1.807) is 11.0 Å². The van der Waals surface area contributed by atoms with Gasteiger partial charge in [-0.3, -0.25) is 4.79 Å². The van der Waals surface area contributed by atoms with Crippen LogP contribution in [0.3, 0.4) is 0 Å². The van der Waals surface area contributed by atoms with Crippen LogP contribution in [0.2, 0.25) is 0 Å². The highest BCUT2D eigenvalue weighted by molar-refractivity contribution is 9.10. The lowest BCUT2D eigenvalue weighted by Gasteiger charge is -2.34. The number of hydrogen-bond donors (Lipinski definition) is 3. The second-order valence-corrected chi connectivity index (χ2v) is 10.6. The van der Waals surface area contributed by atoms with Crippen LogP contribution in [0.15, 0.2) is 34.8 Å². The molecule has 0 spiro atoms. The number of amides is 4. The lowest BCUT2D eigenvalue weighted by Crippen LogP contribution is -2.50. The van der Waals surface area contributed by atoms with Gasteiger partial charge in [0.15, 0.2) is 0 Å². The van der Waals surface area contributed by atoms with Crippen LogP contribution in [-0.4, -0.2) is 47.7 Å². The summed E-state index contributed by atoms with van der Waals surface area (Å²) in [6, 6.07) is 8.43. The molecule has 0 radical (unpaired) electrons. The van der Waals surface area contributed by atoms with Crippen molar-refractivity contribution in [3.05, 3.63) is 39.7 Å². The second kappa shape index (κ2) is 9.91. The van der Waals surface area contributed by atoms with Crippen molar-refractivity contribution in [3.63, 3.8) is 0 Å². The first-order valence-corrected chi connectivity index (χ1v) is 11.9. The van der Waals surface area contributed by atoms with Gasteiger partial charge >= 0.3 is 12.1 Å². The maximum Gasteiger partial charge on any atom is 0.410 e. The Morgan fingerprint density at radius 3 is 2.66 bits per heavy atom. The molecule has 32 heavy (non-hydrogen) atoms. The van der Waals surface area contributed by atoms with Crippen molar-refractivity contribution < 1.29 is 19.1 Å². The summed E-state index contributed by atoms with van der Waals surface area (Å²) in [7, 11) is 0. The van der Waals surface area contributed by atoms with E-state index in [2.05, 4.69) is 26.6 Å². The summed E-state index contributed by atoms with van der Waals surface area (Å²) in [5.41, 5.74) is 5.99. The van der Waals surface area contributed by atoms with Gasteiger partial charge in [-0.1, -0.05) is 28.1 Å². The van der Waals surface area contributed by atoms with Crippen LogP contribution in [0, 0.1) is 0 Å². The fourth-order valence-electron chi connectivity index (χ4n) is 3.41. The Hall–Kier alpha value is -2.59. The number of ether oxygens (including phenoxy) is 1. The van der Waals surface area contributed by atoms with E-state index in [1.807, 2.05) is 45.0 Å².